The number of aromatic nitrogens is 1. The molecule has 0 spiro atoms. The largest absolute Gasteiger partial charge is 0.384 e. The fourth-order valence-electron chi connectivity index (χ4n) is 1.31. The molecule has 2 rings (SSSR count). The lowest BCUT2D eigenvalue weighted by Crippen LogP contribution is -2.12. The summed E-state index contributed by atoms with van der Waals surface area (Å²) in [5, 5.41) is 8.68. The fourth-order valence-corrected chi connectivity index (χ4v) is 3.28. The summed E-state index contributed by atoms with van der Waals surface area (Å²) in [6.07, 6.45) is 1.39. The van der Waals surface area contributed by atoms with Gasteiger partial charge >= 0.3 is 0 Å². The standard InChI is InChI=1S/C12H9FN2O3S2/c13-9-3-1-5-11(7-9)20(17,18)15-12-14-8-10(19-12)4-2-6-16/h1,3,5,7-8,16H,6H2,(H,14,15). The van der Waals surface area contributed by atoms with Crippen LogP contribution in [0.15, 0.2) is 35.4 Å². The second-order valence-electron chi connectivity index (χ2n) is 3.55. The van der Waals surface area contributed by atoms with Crippen LogP contribution >= 0.6 is 11.3 Å². The van der Waals surface area contributed by atoms with Crippen LogP contribution in [-0.4, -0.2) is 25.1 Å². The molecule has 0 saturated heterocycles. The molecule has 0 aliphatic carbocycles. The SMILES string of the molecule is O=S(=O)(Nc1ncc(C#CCO)s1)c1cccc(F)c1. The molecule has 0 aliphatic rings. The Balaban J connectivity index is 2.22. The van der Waals surface area contributed by atoms with Gasteiger partial charge in [-0.3, -0.25) is 4.72 Å². The Bertz CT molecular complexity index is 775. The van der Waals surface area contributed by atoms with E-state index in [1.165, 1.54) is 18.3 Å². The van der Waals surface area contributed by atoms with Gasteiger partial charge in [0.15, 0.2) is 5.13 Å². The summed E-state index contributed by atoms with van der Waals surface area (Å²) in [7, 11) is -3.88. The van der Waals surface area contributed by atoms with Crippen LogP contribution in [0.2, 0.25) is 0 Å². The topological polar surface area (TPSA) is 79.3 Å². The maximum absolute atomic E-state index is 13.0. The van der Waals surface area contributed by atoms with Crippen molar-refractivity contribution in [3.8, 4) is 11.8 Å². The first-order valence-corrected chi connectivity index (χ1v) is 7.65. The molecule has 8 heteroatoms. The van der Waals surface area contributed by atoms with Gasteiger partial charge in [-0.2, -0.15) is 0 Å². The van der Waals surface area contributed by atoms with E-state index in [1.54, 1.807) is 0 Å². The molecule has 1 aromatic carbocycles. The number of anilines is 1. The quantitative estimate of drug-likeness (QED) is 0.840. The third-order valence-electron chi connectivity index (χ3n) is 2.12. The van der Waals surface area contributed by atoms with Gasteiger partial charge in [0.05, 0.1) is 16.0 Å². The number of hydrogen-bond acceptors (Lipinski definition) is 5. The Hall–Kier alpha value is -1.95. The second kappa shape index (κ2) is 6.00. The van der Waals surface area contributed by atoms with Gasteiger partial charge in [0.1, 0.15) is 12.4 Å². The van der Waals surface area contributed by atoms with Crippen LogP contribution in [0.4, 0.5) is 9.52 Å². The molecule has 0 fully saturated rings. The van der Waals surface area contributed by atoms with E-state index in [4.69, 9.17) is 5.11 Å². The summed E-state index contributed by atoms with van der Waals surface area (Å²) in [5.74, 6) is 4.40. The molecule has 104 valence electrons. The van der Waals surface area contributed by atoms with Crippen molar-refractivity contribution in [1.82, 2.24) is 4.98 Å². The Morgan fingerprint density at radius 3 is 2.95 bits per heavy atom. The zero-order chi connectivity index (χ0) is 14.6. The van der Waals surface area contributed by atoms with E-state index < -0.39 is 15.8 Å². The summed E-state index contributed by atoms with van der Waals surface area (Å²) >= 11 is 1.02. The van der Waals surface area contributed by atoms with E-state index in [1.807, 2.05) is 0 Å². The summed E-state index contributed by atoms with van der Waals surface area (Å²) in [6, 6.07) is 4.67. The number of halogens is 1. The first kappa shape index (κ1) is 14.5. The van der Waals surface area contributed by atoms with Crippen LogP contribution in [-0.2, 0) is 10.0 Å². The molecule has 0 bridgehead atoms. The lowest BCUT2D eigenvalue weighted by Gasteiger charge is -2.04. The van der Waals surface area contributed by atoms with Crippen molar-refractivity contribution in [1.29, 1.82) is 0 Å². The van der Waals surface area contributed by atoms with E-state index in [0.29, 0.717) is 4.88 Å². The van der Waals surface area contributed by atoms with Gasteiger partial charge < -0.3 is 5.11 Å². The van der Waals surface area contributed by atoms with Crippen molar-refractivity contribution in [3.63, 3.8) is 0 Å². The predicted molar refractivity (Wildman–Crippen MR) is 73.3 cm³/mol. The van der Waals surface area contributed by atoms with Crippen LogP contribution in [0.25, 0.3) is 0 Å². The summed E-state index contributed by atoms with van der Waals surface area (Å²) in [6.45, 7) is -0.289. The van der Waals surface area contributed by atoms with Crippen molar-refractivity contribution in [2.45, 2.75) is 4.90 Å². The summed E-state index contributed by atoms with van der Waals surface area (Å²) in [4.78, 5) is 4.18. The minimum Gasteiger partial charge on any atom is -0.384 e. The van der Waals surface area contributed by atoms with E-state index in [9.17, 15) is 12.8 Å². The third-order valence-corrected chi connectivity index (χ3v) is 4.42. The Morgan fingerprint density at radius 2 is 2.25 bits per heavy atom. The molecule has 2 N–H and O–H groups in total. The molecular weight excluding hydrogens is 303 g/mol. The number of benzene rings is 1. The van der Waals surface area contributed by atoms with Gasteiger partial charge in [-0.15, -0.1) is 0 Å². The van der Waals surface area contributed by atoms with Crippen LogP contribution in [0.3, 0.4) is 0 Å². The average Bonchev–Trinajstić information content (AvgIpc) is 2.83. The van der Waals surface area contributed by atoms with Crippen molar-refractivity contribution in [3.05, 3.63) is 41.2 Å². The number of nitrogens with zero attached hydrogens (tertiary/aromatic N) is 1. The Morgan fingerprint density at radius 1 is 1.45 bits per heavy atom. The van der Waals surface area contributed by atoms with Crippen molar-refractivity contribution < 1.29 is 17.9 Å². The monoisotopic (exact) mass is 312 g/mol. The van der Waals surface area contributed by atoms with E-state index >= 15 is 0 Å². The first-order valence-electron chi connectivity index (χ1n) is 5.35. The maximum atomic E-state index is 13.0. The van der Waals surface area contributed by atoms with Crippen molar-refractivity contribution in [2.75, 3.05) is 11.3 Å². The number of aliphatic hydroxyl groups excluding tert-OH is 1. The molecule has 1 aromatic heterocycles. The maximum Gasteiger partial charge on any atom is 0.263 e. The number of aliphatic hydroxyl groups is 1. The number of nitrogens with one attached hydrogen (secondary N) is 1. The van der Waals surface area contributed by atoms with Gasteiger partial charge in [-0.25, -0.2) is 17.8 Å². The molecule has 20 heavy (non-hydrogen) atoms. The molecule has 0 unspecified atom stereocenters. The second-order valence-corrected chi connectivity index (χ2v) is 6.27. The van der Waals surface area contributed by atoms with Gasteiger partial charge in [0, 0.05) is 0 Å². The smallest absolute Gasteiger partial charge is 0.263 e. The first-order chi connectivity index (χ1) is 9.51. The number of hydrogen-bond donors (Lipinski definition) is 2. The highest BCUT2D eigenvalue weighted by Gasteiger charge is 2.16. The molecule has 0 atom stereocenters. The lowest BCUT2D eigenvalue weighted by molar-refractivity contribution is 0.350. The normalized spacial score (nSPS) is 10.7. The zero-order valence-corrected chi connectivity index (χ0v) is 11.6. The predicted octanol–water partition coefficient (Wildman–Crippen LogP) is 1.43. The highest BCUT2D eigenvalue weighted by Crippen LogP contribution is 2.21. The highest BCUT2D eigenvalue weighted by atomic mass is 32.2. The van der Waals surface area contributed by atoms with Crippen molar-refractivity contribution >= 4 is 26.5 Å². The molecule has 0 aliphatic heterocycles. The van der Waals surface area contributed by atoms with Gasteiger partial charge in [0.2, 0.25) is 0 Å². The zero-order valence-electron chi connectivity index (χ0n) is 10.00. The minimum atomic E-state index is -3.88. The van der Waals surface area contributed by atoms with E-state index in [2.05, 4.69) is 21.5 Å². The van der Waals surface area contributed by atoms with Gasteiger partial charge in [0.25, 0.3) is 10.0 Å². The van der Waals surface area contributed by atoms with E-state index in [-0.39, 0.29) is 16.6 Å². The Labute approximate surface area is 119 Å². The molecular formula is C12H9FN2O3S2. The number of rotatable bonds is 3. The van der Waals surface area contributed by atoms with Gasteiger partial charge in [-0.1, -0.05) is 29.2 Å². The summed E-state index contributed by atoms with van der Waals surface area (Å²) < 4.78 is 39.3. The van der Waals surface area contributed by atoms with Crippen LogP contribution in [0.5, 0.6) is 0 Å². The molecule has 0 amide bonds. The molecule has 0 radical (unpaired) electrons. The lowest BCUT2D eigenvalue weighted by atomic mass is 10.4. The van der Waals surface area contributed by atoms with Crippen LogP contribution < -0.4 is 4.72 Å². The highest BCUT2D eigenvalue weighted by molar-refractivity contribution is 7.93. The Kier molecular flexibility index (Phi) is 4.34. The molecule has 1 heterocycles. The van der Waals surface area contributed by atoms with E-state index in [0.717, 1.165) is 23.5 Å². The molecule has 5 nitrogen and oxygen atoms in total. The summed E-state index contributed by atoms with van der Waals surface area (Å²) in [5.41, 5.74) is 0. The average molecular weight is 312 g/mol. The van der Waals surface area contributed by atoms with Crippen molar-refractivity contribution in [2.24, 2.45) is 0 Å². The fraction of sp³-hybridized carbons (Fsp3) is 0.0833. The third kappa shape index (κ3) is 3.54. The van der Waals surface area contributed by atoms with Gasteiger partial charge in [-0.05, 0) is 18.2 Å². The molecule has 0 saturated carbocycles. The number of sulfonamides is 1. The van der Waals surface area contributed by atoms with Crippen LogP contribution in [0, 0.1) is 17.7 Å². The minimum absolute atomic E-state index is 0.122. The van der Waals surface area contributed by atoms with Crippen LogP contribution in [0.1, 0.15) is 4.88 Å². The molecule has 2 aromatic rings. The number of thiazole rings is 1.